The highest BCUT2D eigenvalue weighted by molar-refractivity contribution is 6.43. The van der Waals surface area contributed by atoms with Crippen LogP contribution in [0.25, 0.3) is 43.8 Å². The molecule has 0 aliphatic carbocycles. The zero-order chi connectivity index (χ0) is 39.8. The topological polar surface area (TPSA) is 99.4 Å². The fourth-order valence-electron chi connectivity index (χ4n) is 7.48. The lowest BCUT2D eigenvalue weighted by molar-refractivity contribution is 0.233. The number of hydrogen-bond acceptors (Lipinski definition) is 6. The molecule has 0 spiro atoms. The molecule has 0 saturated carbocycles. The average Bonchev–Trinajstić information content (AvgIpc) is 3.17. The molecule has 55 heavy (non-hydrogen) atoms. The molecule has 0 fully saturated rings. The van der Waals surface area contributed by atoms with Gasteiger partial charge in [-0.25, -0.2) is 0 Å². The molecule has 6 nitrogen and oxygen atoms in total. The van der Waals surface area contributed by atoms with E-state index in [4.69, 9.17) is 29.6 Å². The third kappa shape index (κ3) is 13.1. The highest BCUT2D eigenvalue weighted by Gasteiger charge is 2.29. The first kappa shape index (κ1) is 43.9. The molecule has 294 valence electrons. The Morgan fingerprint density at radius 1 is 0.509 bits per heavy atom. The lowest BCUT2D eigenvalue weighted by atomic mass is 9.61. The highest BCUT2D eigenvalue weighted by atomic mass is 16.5. The molecular formula is C47H64B2O6. The van der Waals surface area contributed by atoms with Crippen molar-refractivity contribution < 1.29 is 29.6 Å². The quantitative estimate of drug-likeness (QED) is 0.0467. The van der Waals surface area contributed by atoms with Gasteiger partial charge in [-0.15, -0.1) is 0 Å². The summed E-state index contributed by atoms with van der Waals surface area (Å²) >= 11 is 0. The van der Waals surface area contributed by atoms with Gasteiger partial charge in [0.05, 0.1) is 13.2 Å². The van der Waals surface area contributed by atoms with Crippen molar-refractivity contribution in [3.05, 3.63) is 97.1 Å². The summed E-state index contributed by atoms with van der Waals surface area (Å²) in [7, 11) is -2.77. The summed E-state index contributed by atoms with van der Waals surface area (Å²) < 4.78 is 12.5. The summed E-state index contributed by atoms with van der Waals surface area (Å²) in [6, 6.07) is 35.2. The van der Waals surface area contributed by atoms with Gasteiger partial charge in [-0.1, -0.05) is 153 Å². The molecular weight excluding hydrogens is 682 g/mol. The number of ether oxygens (including phenoxy) is 2. The molecule has 0 aliphatic heterocycles. The molecule has 5 aromatic carbocycles. The Kier molecular flexibility index (Phi) is 17.6. The van der Waals surface area contributed by atoms with Gasteiger partial charge in [0, 0.05) is 0 Å². The zero-order valence-corrected chi connectivity index (χ0v) is 34.1. The monoisotopic (exact) mass is 746 g/mol. The van der Waals surface area contributed by atoms with Crippen molar-refractivity contribution in [2.24, 2.45) is 17.3 Å². The van der Waals surface area contributed by atoms with Crippen LogP contribution in [-0.2, 0) is 0 Å². The van der Waals surface area contributed by atoms with E-state index in [9.17, 15) is 0 Å². The van der Waals surface area contributed by atoms with Gasteiger partial charge in [0.1, 0.15) is 11.5 Å². The summed E-state index contributed by atoms with van der Waals surface area (Å²) in [4.78, 5) is 0. The molecule has 0 radical (unpaired) electrons. The minimum atomic E-state index is -1.39. The summed E-state index contributed by atoms with van der Waals surface area (Å²) in [5.41, 5.74) is 4.53. The van der Waals surface area contributed by atoms with E-state index in [0.29, 0.717) is 11.8 Å². The molecule has 5 rings (SSSR count). The van der Waals surface area contributed by atoms with E-state index in [1.165, 1.54) is 82.3 Å². The second-order valence-electron chi connectivity index (χ2n) is 15.9. The van der Waals surface area contributed by atoms with E-state index >= 15 is 0 Å². The van der Waals surface area contributed by atoms with Gasteiger partial charge in [0.15, 0.2) is 0 Å². The van der Waals surface area contributed by atoms with Crippen molar-refractivity contribution in [2.45, 2.75) is 106 Å². The van der Waals surface area contributed by atoms with Crippen LogP contribution in [0.4, 0.5) is 0 Å². The lowest BCUT2D eigenvalue weighted by Gasteiger charge is -2.23. The van der Waals surface area contributed by atoms with Crippen molar-refractivity contribution >= 4 is 35.8 Å². The van der Waals surface area contributed by atoms with Crippen molar-refractivity contribution in [3.63, 3.8) is 0 Å². The highest BCUT2D eigenvalue weighted by Crippen LogP contribution is 2.44. The molecule has 2 atom stereocenters. The second kappa shape index (κ2) is 22.1. The van der Waals surface area contributed by atoms with Crippen LogP contribution in [0.2, 0.25) is 12.6 Å². The van der Waals surface area contributed by atoms with Gasteiger partial charge >= 0.3 is 14.2 Å². The molecule has 0 aliphatic rings. The van der Waals surface area contributed by atoms with Gasteiger partial charge in [-0.05, 0) is 111 Å². The van der Waals surface area contributed by atoms with Crippen LogP contribution in [-0.4, -0.2) is 47.5 Å². The standard InChI is InChI=1S/C42H50O2.C5H14B2O4/c1-5-9-15-31(7-3)29-43-35-25-21-33(22-26-35)41-37-17-11-13-19-39(37)42(40-20-14-12-18-38(40)41)34-23-27-36(28-24-34)44-30-32(8-4)16-10-6-2;1-5(2,3-6(8)9)4-7(10)11/h11-14,17-28,31-32H,5-10,15-16,29-30H2,1-4H3;8-11H,3-4H2,1-2H3. The van der Waals surface area contributed by atoms with Crippen LogP contribution in [0.5, 0.6) is 11.5 Å². The minimum Gasteiger partial charge on any atom is -0.493 e. The van der Waals surface area contributed by atoms with Gasteiger partial charge in [0.25, 0.3) is 0 Å². The Hall–Kier alpha value is -3.81. The Morgan fingerprint density at radius 3 is 1.11 bits per heavy atom. The van der Waals surface area contributed by atoms with Gasteiger partial charge in [0.2, 0.25) is 0 Å². The molecule has 0 amide bonds. The van der Waals surface area contributed by atoms with E-state index < -0.39 is 19.7 Å². The van der Waals surface area contributed by atoms with Crippen LogP contribution >= 0.6 is 0 Å². The molecule has 4 N–H and O–H groups in total. The maximum absolute atomic E-state index is 8.59. The van der Waals surface area contributed by atoms with Crippen LogP contribution in [0.3, 0.4) is 0 Å². The summed E-state index contributed by atoms with van der Waals surface area (Å²) in [5.74, 6) is 3.14. The molecule has 0 heterocycles. The number of unbranched alkanes of at least 4 members (excludes halogenated alkanes) is 2. The number of rotatable bonds is 20. The predicted molar refractivity (Wildman–Crippen MR) is 234 cm³/mol. The first-order valence-electron chi connectivity index (χ1n) is 20.6. The molecule has 0 saturated heterocycles. The van der Waals surface area contributed by atoms with E-state index in [-0.39, 0.29) is 12.6 Å². The minimum absolute atomic E-state index is 0.143. The number of fused-ring (bicyclic) bond motifs is 2. The maximum Gasteiger partial charge on any atom is 0.451 e. The number of hydrogen-bond donors (Lipinski definition) is 4. The van der Waals surface area contributed by atoms with Gasteiger partial charge in [-0.2, -0.15) is 0 Å². The van der Waals surface area contributed by atoms with Crippen LogP contribution < -0.4 is 9.47 Å². The SMILES string of the molecule is CC(C)(CB(O)O)CB(O)O.CCCCC(CC)COc1ccc(-c2c3ccccc3c(-c3ccc(OCC(CC)CCCC)cc3)c3ccccc23)cc1. The Balaban J connectivity index is 0.000000533. The lowest BCUT2D eigenvalue weighted by Crippen LogP contribution is -2.28. The Morgan fingerprint density at radius 2 is 0.836 bits per heavy atom. The normalized spacial score (nSPS) is 12.5. The van der Waals surface area contributed by atoms with Gasteiger partial charge < -0.3 is 29.6 Å². The Labute approximate surface area is 331 Å². The maximum atomic E-state index is 8.59. The molecule has 5 aromatic rings. The van der Waals surface area contributed by atoms with E-state index in [2.05, 4.69) is 125 Å². The van der Waals surface area contributed by atoms with Crippen molar-refractivity contribution in [1.29, 1.82) is 0 Å². The van der Waals surface area contributed by atoms with Crippen LogP contribution in [0.15, 0.2) is 97.1 Å². The zero-order valence-electron chi connectivity index (χ0n) is 34.1. The average molecular weight is 747 g/mol. The first-order valence-corrected chi connectivity index (χ1v) is 20.6. The third-order valence-electron chi connectivity index (χ3n) is 10.7. The van der Waals surface area contributed by atoms with Crippen molar-refractivity contribution in [2.75, 3.05) is 13.2 Å². The summed E-state index contributed by atoms with van der Waals surface area (Å²) in [6.07, 6.45) is 10.1. The van der Waals surface area contributed by atoms with E-state index in [1.54, 1.807) is 13.8 Å². The summed E-state index contributed by atoms with van der Waals surface area (Å²) in [6.45, 7) is 14.1. The van der Waals surface area contributed by atoms with Crippen LogP contribution in [0.1, 0.15) is 92.9 Å². The molecule has 8 heteroatoms. The predicted octanol–water partition coefficient (Wildman–Crippen LogP) is 11.5. The van der Waals surface area contributed by atoms with E-state index in [0.717, 1.165) is 37.6 Å². The first-order chi connectivity index (χ1) is 26.5. The van der Waals surface area contributed by atoms with Gasteiger partial charge in [-0.3, -0.25) is 0 Å². The Bertz CT molecular complexity index is 1670. The van der Waals surface area contributed by atoms with Crippen molar-refractivity contribution in [3.8, 4) is 33.8 Å². The largest absolute Gasteiger partial charge is 0.493 e. The smallest absolute Gasteiger partial charge is 0.451 e. The van der Waals surface area contributed by atoms with Crippen LogP contribution in [0, 0.1) is 17.3 Å². The molecule has 2 unspecified atom stereocenters. The molecule has 0 bridgehead atoms. The fourth-order valence-corrected chi connectivity index (χ4v) is 7.48. The number of benzene rings is 5. The molecule has 0 aromatic heterocycles. The second-order valence-corrected chi connectivity index (χ2v) is 15.9. The summed E-state index contributed by atoms with van der Waals surface area (Å²) in [5, 5.41) is 39.4. The van der Waals surface area contributed by atoms with Crippen molar-refractivity contribution in [1.82, 2.24) is 0 Å². The fraction of sp³-hybridized carbons (Fsp3) is 0.447. The van der Waals surface area contributed by atoms with E-state index in [1.807, 2.05) is 0 Å². The third-order valence-corrected chi connectivity index (χ3v) is 10.7.